The van der Waals surface area contributed by atoms with Crippen molar-refractivity contribution in [1.29, 1.82) is 0 Å². The van der Waals surface area contributed by atoms with Gasteiger partial charge in [0, 0.05) is 18.8 Å². The van der Waals surface area contributed by atoms with E-state index in [1.807, 2.05) is 13.8 Å². The van der Waals surface area contributed by atoms with Crippen LogP contribution >= 0.6 is 24.0 Å². The van der Waals surface area contributed by atoms with E-state index in [0.29, 0.717) is 0 Å². The second-order valence-corrected chi connectivity index (χ2v) is 6.02. The van der Waals surface area contributed by atoms with E-state index in [1.165, 1.54) is 12.3 Å². The molecular formula is C10H18Cl2N4O2S. The molecule has 0 saturated carbocycles. The molecule has 0 radical (unpaired) electrons. The number of pyridine rings is 1. The monoisotopic (exact) mass is 328 g/mol. The summed E-state index contributed by atoms with van der Waals surface area (Å²) in [6.07, 6.45) is 1.30. The van der Waals surface area contributed by atoms with Crippen molar-refractivity contribution < 1.29 is 8.42 Å². The van der Waals surface area contributed by atoms with E-state index >= 15 is 0 Å². The van der Waals surface area contributed by atoms with E-state index in [-0.39, 0.29) is 40.7 Å². The molecule has 0 fully saturated rings. The third-order valence-corrected chi connectivity index (χ3v) is 3.93. The van der Waals surface area contributed by atoms with Crippen molar-refractivity contribution in [2.75, 3.05) is 18.8 Å². The second kappa shape index (κ2) is 7.86. The van der Waals surface area contributed by atoms with Gasteiger partial charge in [-0.25, -0.2) is 18.1 Å². The van der Waals surface area contributed by atoms with Crippen molar-refractivity contribution in [2.45, 2.75) is 24.8 Å². The van der Waals surface area contributed by atoms with Crippen LogP contribution in [0.15, 0.2) is 17.2 Å². The van der Waals surface area contributed by atoms with Crippen LogP contribution in [-0.4, -0.2) is 32.5 Å². The number of nitrogen functional groups attached to an aromatic ring is 1. The van der Waals surface area contributed by atoms with Crippen LogP contribution in [0.5, 0.6) is 0 Å². The van der Waals surface area contributed by atoms with Crippen LogP contribution in [0.1, 0.15) is 13.8 Å². The highest BCUT2D eigenvalue weighted by Crippen LogP contribution is 2.19. The molecule has 0 saturated heterocycles. The maximum Gasteiger partial charge on any atom is 0.244 e. The molecule has 1 aromatic rings. The van der Waals surface area contributed by atoms with Crippen LogP contribution in [0.4, 0.5) is 5.82 Å². The first-order valence-corrected chi connectivity index (χ1v) is 7.37. The molecule has 0 aliphatic heterocycles. The molecule has 4 N–H and O–H groups in total. The Hall–Kier alpha value is -0.600. The van der Waals surface area contributed by atoms with Crippen LogP contribution < -0.4 is 15.8 Å². The maximum absolute atomic E-state index is 12.0. The molecule has 0 bridgehead atoms. The Labute approximate surface area is 124 Å². The Morgan fingerprint density at radius 1 is 1.53 bits per heavy atom. The van der Waals surface area contributed by atoms with Crippen molar-refractivity contribution in [2.24, 2.45) is 0 Å². The number of likely N-dealkylation sites (N-methyl/N-ethyl adjacent to an activating group) is 1. The first-order valence-electron chi connectivity index (χ1n) is 5.51. The van der Waals surface area contributed by atoms with Crippen LogP contribution in [0.3, 0.4) is 0 Å². The Kier molecular flexibility index (Phi) is 7.61. The smallest absolute Gasteiger partial charge is 0.244 e. The Bertz CT molecular complexity index is 510. The highest BCUT2D eigenvalue weighted by Gasteiger charge is 2.19. The largest absolute Gasteiger partial charge is 0.383 e. The van der Waals surface area contributed by atoms with Gasteiger partial charge in [-0.15, -0.1) is 12.4 Å². The molecule has 0 aromatic carbocycles. The van der Waals surface area contributed by atoms with Crippen molar-refractivity contribution in [1.82, 2.24) is 15.0 Å². The minimum atomic E-state index is -3.69. The van der Waals surface area contributed by atoms with Gasteiger partial charge in [0.1, 0.15) is 10.7 Å². The summed E-state index contributed by atoms with van der Waals surface area (Å²) in [5.74, 6) is -0.0667. The number of nitrogens with two attached hydrogens (primary N) is 1. The third-order valence-electron chi connectivity index (χ3n) is 2.27. The van der Waals surface area contributed by atoms with Gasteiger partial charge in [-0.3, -0.25) is 0 Å². The zero-order valence-corrected chi connectivity index (χ0v) is 13.1. The van der Waals surface area contributed by atoms with Crippen LogP contribution in [-0.2, 0) is 10.0 Å². The lowest BCUT2D eigenvalue weighted by molar-refractivity contribution is 0.536. The first kappa shape index (κ1) is 18.4. The van der Waals surface area contributed by atoms with Gasteiger partial charge >= 0.3 is 0 Å². The summed E-state index contributed by atoms with van der Waals surface area (Å²) in [5, 5.41) is 3.32. The Balaban J connectivity index is 0.00000324. The number of rotatable bonds is 6. The molecule has 110 valence electrons. The molecule has 0 spiro atoms. The first-order chi connectivity index (χ1) is 8.36. The van der Waals surface area contributed by atoms with E-state index in [0.717, 1.165) is 6.54 Å². The van der Waals surface area contributed by atoms with Gasteiger partial charge in [-0.1, -0.05) is 18.5 Å². The highest BCUT2D eigenvalue weighted by molar-refractivity contribution is 7.89. The molecule has 0 amide bonds. The number of hydrogen-bond donors (Lipinski definition) is 3. The minimum Gasteiger partial charge on any atom is -0.383 e. The Morgan fingerprint density at radius 2 is 2.16 bits per heavy atom. The number of anilines is 1. The summed E-state index contributed by atoms with van der Waals surface area (Å²) in [4.78, 5) is 3.62. The summed E-state index contributed by atoms with van der Waals surface area (Å²) in [5.41, 5.74) is 5.54. The lowest BCUT2D eigenvalue weighted by atomic mass is 10.3. The van der Waals surface area contributed by atoms with Crippen LogP contribution in [0.2, 0.25) is 5.02 Å². The van der Waals surface area contributed by atoms with Gasteiger partial charge in [0.05, 0.1) is 5.02 Å². The van der Waals surface area contributed by atoms with Gasteiger partial charge in [0.2, 0.25) is 10.0 Å². The Morgan fingerprint density at radius 3 is 2.74 bits per heavy atom. The average Bonchev–Trinajstić information content (AvgIpc) is 2.30. The SMILES string of the molecule is CCN[C@H](C)CNS(=O)(=O)c1cc(Cl)cnc1N.Cl. The zero-order valence-electron chi connectivity index (χ0n) is 10.7. The molecule has 9 heteroatoms. The molecule has 0 aliphatic rings. The van der Waals surface area contributed by atoms with Crippen molar-refractivity contribution in [3.63, 3.8) is 0 Å². The zero-order chi connectivity index (χ0) is 13.8. The fourth-order valence-corrected chi connectivity index (χ4v) is 2.84. The summed E-state index contributed by atoms with van der Waals surface area (Å²) < 4.78 is 26.5. The molecule has 19 heavy (non-hydrogen) atoms. The molecule has 1 heterocycles. The van der Waals surface area contributed by atoms with Gasteiger partial charge in [-0.2, -0.15) is 0 Å². The summed E-state index contributed by atoms with van der Waals surface area (Å²) in [6.45, 7) is 4.86. The number of sulfonamides is 1. The lowest BCUT2D eigenvalue weighted by Crippen LogP contribution is -2.39. The van der Waals surface area contributed by atoms with Crippen LogP contribution in [0.25, 0.3) is 0 Å². The molecule has 1 atom stereocenters. The summed E-state index contributed by atoms with van der Waals surface area (Å²) in [6, 6.07) is 1.31. The van der Waals surface area contributed by atoms with Gasteiger partial charge in [-0.05, 0) is 19.5 Å². The van der Waals surface area contributed by atoms with Gasteiger partial charge in [0.25, 0.3) is 0 Å². The quantitative estimate of drug-likeness (QED) is 0.724. The van der Waals surface area contributed by atoms with Gasteiger partial charge < -0.3 is 11.1 Å². The van der Waals surface area contributed by atoms with Crippen molar-refractivity contribution in [3.05, 3.63) is 17.3 Å². The van der Waals surface area contributed by atoms with Crippen molar-refractivity contribution >= 4 is 39.8 Å². The fraction of sp³-hybridized carbons (Fsp3) is 0.500. The van der Waals surface area contributed by atoms with Crippen LogP contribution in [0, 0.1) is 0 Å². The molecule has 1 aromatic heterocycles. The normalized spacial score (nSPS) is 12.8. The van der Waals surface area contributed by atoms with E-state index in [2.05, 4.69) is 15.0 Å². The van der Waals surface area contributed by atoms with E-state index in [9.17, 15) is 8.42 Å². The molecular weight excluding hydrogens is 311 g/mol. The maximum atomic E-state index is 12.0. The van der Waals surface area contributed by atoms with E-state index in [1.54, 1.807) is 0 Å². The predicted octanol–water partition coefficient (Wildman–Crippen LogP) is 1.02. The van der Waals surface area contributed by atoms with Gasteiger partial charge in [0.15, 0.2) is 0 Å². The fourth-order valence-electron chi connectivity index (χ4n) is 1.38. The second-order valence-electron chi connectivity index (χ2n) is 3.85. The number of aromatic nitrogens is 1. The topological polar surface area (TPSA) is 97.1 Å². The molecule has 1 rings (SSSR count). The van der Waals surface area contributed by atoms with E-state index in [4.69, 9.17) is 17.3 Å². The molecule has 0 unspecified atom stereocenters. The summed E-state index contributed by atoms with van der Waals surface area (Å²) in [7, 11) is -3.69. The number of halogens is 2. The number of hydrogen-bond acceptors (Lipinski definition) is 5. The van der Waals surface area contributed by atoms with Crippen molar-refractivity contribution in [3.8, 4) is 0 Å². The number of nitrogens with one attached hydrogen (secondary N) is 2. The lowest BCUT2D eigenvalue weighted by Gasteiger charge is -2.14. The minimum absolute atomic E-state index is 0. The standard InChI is InChI=1S/C10H17ClN4O2S.ClH/c1-3-13-7(2)5-15-18(16,17)9-4-8(11)6-14-10(9)12;/h4,6-7,13,15H,3,5H2,1-2H3,(H2,12,14);1H/t7-;/m1./s1. The highest BCUT2D eigenvalue weighted by atomic mass is 35.5. The molecule has 0 aliphatic carbocycles. The van der Waals surface area contributed by atoms with E-state index < -0.39 is 10.0 Å². The number of nitrogens with zero attached hydrogens (tertiary/aromatic N) is 1. The predicted molar refractivity (Wildman–Crippen MR) is 79.2 cm³/mol. The molecule has 6 nitrogen and oxygen atoms in total. The summed E-state index contributed by atoms with van der Waals surface area (Å²) >= 11 is 5.71. The average molecular weight is 329 g/mol. The third kappa shape index (κ3) is 5.50.